The molecule has 0 fully saturated rings. The summed E-state index contributed by atoms with van der Waals surface area (Å²) < 4.78 is 0. The zero-order valence-electron chi connectivity index (χ0n) is 15.9. The van der Waals surface area contributed by atoms with Crippen LogP contribution in [0.2, 0.25) is 0 Å². The number of rotatable bonds is 1. The van der Waals surface area contributed by atoms with Gasteiger partial charge in [0.25, 0.3) is 0 Å². The van der Waals surface area contributed by atoms with Crippen molar-refractivity contribution >= 4 is 16.3 Å². The topological polar surface area (TPSA) is 0 Å². The third-order valence-corrected chi connectivity index (χ3v) is 7.27. The molecule has 0 heterocycles. The quantitative estimate of drug-likeness (QED) is 0.490. The fourth-order valence-corrected chi connectivity index (χ4v) is 5.33. The maximum atomic E-state index is 4.59. The Hall–Kier alpha value is -2.34. The summed E-state index contributed by atoms with van der Waals surface area (Å²) in [5.74, 6) is 0.466. The van der Waals surface area contributed by atoms with Gasteiger partial charge >= 0.3 is 0 Å². The molecule has 0 amide bonds. The lowest BCUT2D eigenvalue weighted by Crippen LogP contribution is -2.28. The molecule has 130 valence electrons. The highest BCUT2D eigenvalue weighted by Crippen LogP contribution is 2.56. The van der Waals surface area contributed by atoms with E-state index in [1.165, 1.54) is 49.8 Å². The van der Waals surface area contributed by atoms with Crippen molar-refractivity contribution in [2.45, 2.75) is 39.5 Å². The van der Waals surface area contributed by atoms with Crippen LogP contribution < -0.4 is 0 Å². The molecule has 3 aliphatic carbocycles. The van der Waals surface area contributed by atoms with Gasteiger partial charge in [-0.15, -0.1) is 0 Å². The van der Waals surface area contributed by atoms with Crippen LogP contribution in [0.25, 0.3) is 16.3 Å². The van der Waals surface area contributed by atoms with Crippen LogP contribution in [0.5, 0.6) is 0 Å². The number of hydrogen-bond acceptors (Lipinski definition) is 0. The van der Waals surface area contributed by atoms with E-state index >= 15 is 0 Å². The highest BCUT2D eigenvalue weighted by molar-refractivity contribution is 5.92. The molecular formula is C26H26. The molecule has 0 saturated carbocycles. The van der Waals surface area contributed by atoms with Gasteiger partial charge in [0.2, 0.25) is 0 Å². The molecule has 2 aromatic carbocycles. The summed E-state index contributed by atoms with van der Waals surface area (Å²) in [6, 6.07) is 13.5. The van der Waals surface area contributed by atoms with Crippen LogP contribution in [0.4, 0.5) is 0 Å². The first-order valence-electron chi connectivity index (χ1n) is 9.87. The lowest BCUT2D eigenvalue weighted by atomic mass is 9.62. The van der Waals surface area contributed by atoms with Gasteiger partial charge in [-0.2, -0.15) is 0 Å². The summed E-state index contributed by atoms with van der Waals surface area (Å²) in [6.45, 7) is 13.7. The fraction of sp³-hybridized carbons (Fsp3) is 0.308. The van der Waals surface area contributed by atoms with Crippen LogP contribution in [-0.4, -0.2) is 0 Å². The van der Waals surface area contributed by atoms with Gasteiger partial charge in [-0.25, -0.2) is 0 Å². The van der Waals surface area contributed by atoms with Gasteiger partial charge in [-0.3, -0.25) is 0 Å². The summed E-state index contributed by atoms with van der Waals surface area (Å²) in [7, 11) is 0. The molecule has 2 atom stereocenters. The normalized spacial score (nSPS) is 27.3. The van der Waals surface area contributed by atoms with E-state index in [0.29, 0.717) is 5.92 Å². The minimum absolute atomic E-state index is 0.0914. The smallest absolute Gasteiger partial charge is 0.0133 e. The van der Waals surface area contributed by atoms with Crippen LogP contribution in [-0.2, 0) is 6.42 Å². The molecule has 0 aromatic heterocycles. The van der Waals surface area contributed by atoms with Gasteiger partial charge in [0.15, 0.2) is 0 Å². The Morgan fingerprint density at radius 2 is 1.81 bits per heavy atom. The van der Waals surface area contributed by atoms with Crippen molar-refractivity contribution in [3.05, 3.63) is 89.1 Å². The molecule has 0 radical (unpaired) electrons. The second-order valence-electron chi connectivity index (χ2n) is 8.42. The van der Waals surface area contributed by atoms with E-state index in [1.54, 1.807) is 0 Å². The van der Waals surface area contributed by atoms with Gasteiger partial charge in [-0.05, 0) is 75.9 Å². The molecule has 0 heteroatoms. The van der Waals surface area contributed by atoms with E-state index in [2.05, 4.69) is 69.5 Å². The van der Waals surface area contributed by atoms with E-state index in [0.717, 1.165) is 25.7 Å². The Morgan fingerprint density at radius 1 is 1.08 bits per heavy atom. The van der Waals surface area contributed by atoms with E-state index in [-0.39, 0.29) is 5.41 Å². The third kappa shape index (κ3) is 1.96. The fourth-order valence-electron chi connectivity index (χ4n) is 5.33. The Balaban J connectivity index is 1.73. The van der Waals surface area contributed by atoms with Crippen LogP contribution in [0.3, 0.4) is 0 Å². The summed E-state index contributed by atoms with van der Waals surface area (Å²) in [4.78, 5) is 0. The van der Waals surface area contributed by atoms with E-state index < -0.39 is 0 Å². The number of hydrogen-bond donors (Lipinski definition) is 0. The molecule has 26 heavy (non-hydrogen) atoms. The largest absolute Gasteiger partial charge is 0.0990 e. The second kappa shape index (κ2) is 5.33. The van der Waals surface area contributed by atoms with Gasteiger partial charge in [-0.1, -0.05) is 69.0 Å². The predicted molar refractivity (Wildman–Crippen MR) is 112 cm³/mol. The molecule has 0 bridgehead atoms. The highest BCUT2D eigenvalue weighted by atomic mass is 14.5. The SMILES string of the molecule is C=C1C2=C(C=C3c4cc5ccccc5cc4CC13)[C@@](C)(CC)C(=C)CC2. The number of benzene rings is 2. The van der Waals surface area contributed by atoms with Crippen molar-refractivity contribution in [3.63, 3.8) is 0 Å². The predicted octanol–water partition coefficient (Wildman–Crippen LogP) is 7.03. The van der Waals surface area contributed by atoms with Crippen LogP contribution in [0.1, 0.15) is 44.2 Å². The molecule has 0 aliphatic heterocycles. The first-order valence-corrected chi connectivity index (χ1v) is 9.87. The molecule has 0 N–H and O–H groups in total. The van der Waals surface area contributed by atoms with Crippen molar-refractivity contribution in [1.29, 1.82) is 0 Å². The van der Waals surface area contributed by atoms with Gasteiger partial charge in [0, 0.05) is 11.3 Å². The summed E-state index contributed by atoms with van der Waals surface area (Å²) in [5.41, 5.74) is 10.3. The summed E-state index contributed by atoms with van der Waals surface area (Å²) in [6.07, 6.45) is 6.95. The lowest BCUT2D eigenvalue weighted by molar-refractivity contribution is 0.430. The molecule has 5 rings (SSSR count). The Bertz CT molecular complexity index is 1040. The molecule has 3 aliphatic rings. The van der Waals surface area contributed by atoms with Crippen molar-refractivity contribution < 1.29 is 0 Å². The Kier molecular flexibility index (Phi) is 3.26. The molecule has 1 unspecified atom stereocenters. The van der Waals surface area contributed by atoms with Crippen LogP contribution in [0, 0.1) is 11.3 Å². The molecule has 2 aromatic rings. The van der Waals surface area contributed by atoms with Gasteiger partial charge < -0.3 is 0 Å². The maximum Gasteiger partial charge on any atom is 0.0133 e. The molecule has 0 spiro atoms. The van der Waals surface area contributed by atoms with E-state index in [1.807, 2.05) is 0 Å². The van der Waals surface area contributed by atoms with Crippen molar-refractivity contribution in [3.8, 4) is 0 Å². The monoisotopic (exact) mass is 338 g/mol. The average molecular weight is 338 g/mol. The molecule has 0 saturated heterocycles. The number of fused-ring (bicyclic) bond motifs is 4. The minimum atomic E-state index is 0.0914. The summed E-state index contributed by atoms with van der Waals surface area (Å²) in [5, 5.41) is 2.69. The first kappa shape index (κ1) is 15.9. The van der Waals surface area contributed by atoms with Crippen molar-refractivity contribution in [2.75, 3.05) is 0 Å². The van der Waals surface area contributed by atoms with E-state index in [4.69, 9.17) is 0 Å². The first-order chi connectivity index (χ1) is 12.5. The van der Waals surface area contributed by atoms with Crippen LogP contribution >= 0.6 is 0 Å². The van der Waals surface area contributed by atoms with Crippen molar-refractivity contribution in [1.82, 2.24) is 0 Å². The van der Waals surface area contributed by atoms with Crippen molar-refractivity contribution in [2.24, 2.45) is 11.3 Å². The summed E-state index contributed by atoms with van der Waals surface area (Å²) >= 11 is 0. The second-order valence-corrected chi connectivity index (χ2v) is 8.42. The molecular weight excluding hydrogens is 312 g/mol. The Morgan fingerprint density at radius 3 is 2.54 bits per heavy atom. The van der Waals surface area contributed by atoms with Gasteiger partial charge in [0.05, 0.1) is 0 Å². The highest BCUT2D eigenvalue weighted by Gasteiger charge is 2.41. The lowest BCUT2D eigenvalue weighted by Gasteiger charge is -2.42. The standard InChI is InChI=1S/C26H26/c1-5-26(4)16(2)10-11-21-17(3)22-14-20-12-18-8-6-7-9-19(18)13-23(20)24(22)15-25(21)26/h6-9,12-13,15,22H,2-3,5,10-11,14H2,1,4H3/t22?,26-/m0/s1. The van der Waals surface area contributed by atoms with Crippen LogP contribution in [0.15, 0.2) is 77.9 Å². The maximum absolute atomic E-state index is 4.59. The zero-order valence-corrected chi connectivity index (χ0v) is 15.9. The zero-order chi connectivity index (χ0) is 18.1. The Labute approximate surface area is 156 Å². The minimum Gasteiger partial charge on any atom is -0.0990 e. The van der Waals surface area contributed by atoms with E-state index in [9.17, 15) is 0 Å². The molecule has 0 nitrogen and oxygen atoms in total. The van der Waals surface area contributed by atoms with Gasteiger partial charge in [0.1, 0.15) is 0 Å². The average Bonchev–Trinajstić information content (AvgIpc) is 3.01. The number of allylic oxidation sites excluding steroid dienone is 6. The third-order valence-electron chi connectivity index (χ3n) is 7.27.